The first-order valence-electron chi connectivity index (χ1n) is 9.82. The Hall–Kier alpha value is -2.34. The number of nitrogens with zero attached hydrogens (tertiary/aromatic N) is 3. The van der Waals surface area contributed by atoms with E-state index in [0.717, 1.165) is 50.9 Å². The largest absolute Gasteiger partial charge is 0.497 e. The summed E-state index contributed by atoms with van der Waals surface area (Å²) in [7, 11) is 3.50. The molecule has 2 aliphatic rings. The summed E-state index contributed by atoms with van der Waals surface area (Å²) in [6.07, 6.45) is 8.93. The van der Waals surface area contributed by atoms with Gasteiger partial charge in [0.15, 0.2) is 5.82 Å². The molecule has 1 aromatic carbocycles. The van der Waals surface area contributed by atoms with Crippen molar-refractivity contribution in [2.24, 2.45) is 7.05 Å². The van der Waals surface area contributed by atoms with Crippen molar-refractivity contribution in [2.75, 3.05) is 25.1 Å². The summed E-state index contributed by atoms with van der Waals surface area (Å²) in [4.78, 5) is 18.9. The van der Waals surface area contributed by atoms with E-state index in [1.54, 1.807) is 31.1 Å². The summed E-state index contributed by atoms with van der Waals surface area (Å²) in [5.74, 6) is 1.51. The lowest BCUT2D eigenvalue weighted by atomic mass is 9.87. The monoisotopic (exact) mass is 368 g/mol. The average Bonchev–Trinajstić information content (AvgIpc) is 2.69. The van der Waals surface area contributed by atoms with Gasteiger partial charge in [0.25, 0.3) is 5.56 Å². The Balaban J connectivity index is 1.42. The van der Waals surface area contributed by atoms with Crippen LogP contribution in [0.1, 0.15) is 30.4 Å². The Labute approximate surface area is 160 Å². The quantitative estimate of drug-likeness (QED) is 0.893. The molecule has 6 nitrogen and oxygen atoms in total. The first-order chi connectivity index (χ1) is 13.1. The van der Waals surface area contributed by atoms with Crippen LogP contribution in [0.25, 0.3) is 0 Å². The van der Waals surface area contributed by atoms with Crippen molar-refractivity contribution in [1.82, 2.24) is 14.9 Å². The third kappa shape index (κ3) is 3.86. The van der Waals surface area contributed by atoms with E-state index >= 15 is 0 Å². The van der Waals surface area contributed by atoms with E-state index in [0.29, 0.717) is 17.9 Å². The van der Waals surface area contributed by atoms with Gasteiger partial charge in [0.1, 0.15) is 5.75 Å². The highest BCUT2D eigenvalue weighted by Gasteiger charge is 2.26. The number of ether oxygens (including phenoxy) is 1. The predicted molar refractivity (Wildman–Crippen MR) is 107 cm³/mol. The highest BCUT2D eigenvalue weighted by Crippen LogP contribution is 2.26. The van der Waals surface area contributed by atoms with Crippen LogP contribution >= 0.6 is 0 Å². The SMILES string of the molecule is COc1ccc2c(c1)C[C@H](N[C@H]1CCCN(c3nccn(C)c3=O)C1)CC2. The second-order valence-electron chi connectivity index (χ2n) is 7.69. The molecule has 27 heavy (non-hydrogen) atoms. The number of benzene rings is 1. The van der Waals surface area contributed by atoms with E-state index < -0.39 is 0 Å². The molecule has 0 spiro atoms. The molecule has 0 saturated carbocycles. The van der Waals surface area contributed by atoms with E-state index in [-0.39, 0.29) is 5.56 Å². The van der Waals surface area contributed by atoms with Gasteiger partial charge >= 0.3 is 0 Å². The van der Waals surface area contributed by atoms with Crippen LogP contribution in [-0.2, 0) is 19.9 Å². The van der Waals surface area contributed by atoms with Crippen LogP contribution in [0.15, 0.2) is 35.4 Å². The predicted octanol–water partition coefficient (Wildman–Crippen LogP) is 1.90. The first kappa shape index (κ1) is 18.0. The van der Waals surface area contributed by atoms with Gasteiger partial charge in [0.05, 0.1) is 7.11 Å². The number of hydrogen-bond donors (Lipinski definition) is 1. The van der Waals surface area contributed by atoms with Gasteiger partial charge in [-0.1, -0.05) is 6.07 Å². The number of nitrogens with one attached hydrogen (secondary N) is 1. The molecule has 2 atom stereocenters. The van der Waals surface area contributed by atoms with E-state index in [4.69, 9.17) is 4.74 Å². The number of aryl methyl sites for hydroxylation is 2. The molecule has 1 aliphatic heterocycles. The lowest BCUT2D eigenvalue weighted by molar-refractivity contribution is 0.349. The molecular weight excluding hydrogens is 340 g/mol. The minimum absolute atomic E-state index is 0.0168. The number of hydrogen-bond acceptors (Lipinski definition) is 5. The minimum Gasteiger partial charge on any atom is -0.497 e. The van der Waals surface area contributed by atoms with Crippen molar-refractivity contribution in [3.05, 3.63) is 52.1 Å². The fraction of sp³-hybridized carbons (Fsp3) is 0.524. The fourth-order valence-corrected chi connectivity index (χ4v) is 4.34. The second-order valence-corrected chi connectivity index (χ2v) is 7.69. The zero-order chi connectivity index (χ0) is 18.8. The molecule has 4 rings (SSSR count). The lowest BCUT2D eigenvalue weighted by Gasteiger charge is -2.37. The van der Waals surface area contributed by atoms with Crippen molar-refractivity contribution in [3.63, 3.8) is 0 Å². The zero-order valence-corrected chi connectivity index (χ0v) is 16.1. The van der Waals surface area contributed by atoms with E-state index in [9.17, 15) is 4.79 Å². The topological polar surface area (TPSA) is 59.4 Å². The Morgan fingerprint density at radius 2 is 2.11 bits per heavy atom. The van der Waals surface area contributed by atoms with E-state index in [2.05, 4.69) is 33.4 Å². The minimum atomic E-state index is -0.0168. The molecule has 1 aromatic heterocycles. The van der Waals surface area contributed by atoms with Gasteiger partial charge < -0.3 is 19.5 Å². The van der Waals surface area contributed by atoms with E-state index in [1.165, 1.54) is 11.1 Å². The average molecular weight is 368 g/mol. The molecule has 0 amide bonds. The van der Waals surface area contributed by atoms with Crippen LogP contribution in [0.4, 0.5) is 5.82 Å². The highest BCUT2D eigenvalue weighted by atomic mass is 16.5. The van der Waals surface area contributed by atoms with Crippen LogP contribution in [0.5, 0.6) is 5.75 Å². The first-order valence-corrected chi connectivity index (χ1v) is 9.82. The van der Waals surface area contributed by atoms with Crippen molar-refractivity contribution in [3.8, 4) is 5.75 Å². The third-order valence-electron chi connectivity index (χ3n) is 5.83. The second kappa shape index (κ2) is 7.72. The number of fused-ring (bicyclic) bond motifs is 1. The summed E-state index contributed by atoms with van der Waals surface area (Å²) in [5.41, 5.74) is 2.82. The van der Waals surface area contributed by atoms with Crippen molar-refractivity contribution in [2.45, 2.75) is 44.2 Å². The van der Waals surface area contributed by atoms with Gasteiger partial charge in [-0.2, -0.15) is 0 Å². The Morgan fingerprint density at radius 1 is 1.22 bits per heavy atom. The Morgan fingerprint density at radius 3 is 2.96 bits per heavy atom. The zero-order valence-electron chi connectivity index (χ0n) is 16.1. The van der Waals surface area contributed by atoms with Crippen LogP contribution in [0.2, 0.25) is 0 Å². The molecule has 1 N–H and O–H groups in total. The maximum absolute atomic E-state index is 12.4. The summed E-state index contributed by atoms with van der Waals surface area (Å²) in [6, 6.07) is 7.29. The molecule has 0 radical (unpaired) electrons. The maximum Gasteiger partial charge on any atom is 0.293 e. The van der Waals surface area contributed by atoms with Crippen LogP contribution in [0, 0.1) is 0 Å². The molecule has 0 unspecified atom stereocenters. The van der Waals surface area contributed by atoms with Crippen molar-refractivity contribution < 1.29 is 4.74 Å². The Bertz CT molecular complexity index is 864. The molecule has 1 saturated heterocycles. The number of methoxy groups -OCH3 is 1. The molecule has 2 aromatic rings. The van der Waals surface area contributed by atoms with Crippen molar-refractivity contribution >= 4 is 5.82 Å². The summed E-state index contributed by atoms with van der Waals surface area (Å²) >= 11 is 0. The van der Waals surface area contributed by atoms with Gasteiger partial charge in [0, 0.05) is 44.6 Å². The molecular formula is C21H28N4O2. The molecule has 1 fully saturated rings. The molecule has 6 heteroatoms. The van der Waals surface area contributed by atoms with Gasteiger partial charge in [-0.3, -0.25) is 4.79 Å². The Kier molecular flexibility index (Phi) is 5.16. The molecule has 1 aliphatic carbocycles. The third-order valence-corrected chi connectivity index (χ3v) is 5.83. The summed E-state index contributed by atoms with van der Waals surface area (Å²) < 4.78 is 6.99. The smallest absolute Gasteiger partial charge is 0.293 e. The molecule has 2 heterocycles. The summed E-state index contributed by atoms with van der Waals surface area (Å²) in [5, 5.41) is 3.85. The van der Waals surface area contributed by atoms with Gasteiger partial charge in [0.2, 0.25) is 0 Å². The van der Waals surface area contributed by atoms with Gasteiger partial charge in [-0.05, 0) is 55.4 Å². The summed E-state index contributed by atoms with van der Waals surface area (Å²) in [6.45, 7) is 1.74. The van der Waals surface area contributed by atoms with Crippen LogP contribution in [-0.4, -0.2) is 41.8 Å². The number of rotatable bonds is 4. The lowest BCUT2D eigenvalue weighted by Crippen LogP contribution is -2.51. The number of aromatic nitrogens is 2. The standard InChI is InChI=1S/C21H28N4O2/c1-24-11-9-22-20(21(24)26)25-10-3-4-18(14-25)23-17-7-5-15-6-8-19(27-2)13-16(15)12-17/h6,8-9,11,13,17-18,23H,3-5,7,10,12,14H2,1-2H3/t17-,18+/m1/s1. The fourth-order valence-electron chi connectivity index (χ4n) is 4.34. The number of piperidine rings is 1. The van der Waals surface area contributed by atoms with Crippen LogP contribution in [0.3, 0.4) is 0 Å². The molecule has 0 bridgehead atoms. The highest BCUT2D eigenvalue weighted by molar-refractivity contribution is 5.38. The van der Waals surface area contributed by atoms with E-state index in [1.807, 2.05) is 0 Å². The van der Waals surface area contributed by atoms with Crippen molar-refractivity contribution in [1.29, 1.82) is 0 Å². The number of anilines is 1. The maximum atomic E-state index is 12.4. The van der Waals surface area contributed by atoms with Crippen LogP contribution < -0.4 is 20.5 Å². The normalized spacial score (nSPS) is 22.4. The van der Waals surface area contributed by atoms with Gasteiger partial charge in [-0.15, -0.1) is 0 Å². The molecule has 144 valence electrons. The van der Waals surface area contributed by atoms with Gasteiger partial charge in [-0.25, -0.2) is 4.98 Å².